The van der Waals surface area contributed by atoms with Crippen LogP contribution in [0.25, 0.3) is 0 Å². The fourth-order valence-corrected chi connectivity index (χ4v) is 4.47. The van der Waals surface area contributed by atoms with Crippen LogP contribution in [0.2, 0.25) is 0 Å². The van der Waals surface area contributed by atoms with Gasteiger partial charge in [-0.15, -0.1) is 11.8 Å². The number of benzene rings is 1. The van der Waals surface area contributed by atoms with Gasteiger partial charge in [-0.3, -0.25) is 24.1 Å². The maximum Gasteiger partial charge on any atom is 0.253 e. The number of nitrogens with one attached hydrogen (secondary N) is 1. The molecule has 7 nitrogen and oxygen atoms in total. The molecule has 2 saturated heterocycles. The summed E-state index contributed by atoms with van der Waals surface area (Å²) in [5.41, 5.74) is 0.407. The van der Waals surface area contributed by atoms with Gasteiger partial charge in [0.1, 0.15) is 6.04 Å². The highest BCUT2D eigenvalue weighted by atomic mass is 32.2. The molecule has 1 atom stereocenters. The Hall–Kier alpha value is -2.35. The zero-order valence-corrected chi connectivity index (χ0v) is 17.0. The SMILES string of the molecule is CC(C)N1C(=O)C[C@@H](NC(=O)c2ccccc2SCC(=O)N2CCCC2)C1=O. The lowest BCUT2D eigenvalue weighted by atomic mass is 10.2. The van der Waals surface area contributed by atoms with E-state index in [1.54, 1.807) is 32.0 Å². The van der Waals surface area contributed by atoms with Gasteiger partial charge in [-0.1, -0.05) is 12.1 Å². The molecule has 0 aliphatic carbocycles. The second-order valence-corrected chi connectivity index (χ2v) is 8.32. The zero-order valence-electron chi connectivity index (χ0n) is 16.1. The van der Waals surface area contributed by atoms with Crippen LogP contribution in [0.15, 0.2) is 29.2 Å². The molecule has 0 aromatic heterocycles. The molecule has 2 heterocycles. The number of carbonyl (C=O) groups excluding carboxylic acids is 4. The summed E-state index contributed by atoms with van der Waals surface area (Å²) in [6, 6.07) is 5.93. The molecule has 0 unspecified atom stereocenters. The Morgan fingerprint density at radius 1 is 1.18 bits per heavy atom. The van der Waals surface area contributed by atoms with Gasteiger partial charge < -0.3 is 10.2 Å². The molecule has 1 aromatic carbocycles. The predicted octanol–water partition coefficient (Wildman–Crippen LogP) is 1.67. The topological polar surface area (TPSA) is 86.8 Å². The highest BCUT2D eigenvalue weighted by Gasteiger charge is 2.40. The maximum absolute atomic E-state index is 12.7. The Labute approximate surface area is 168 Å². The van der Waals surface area contributed by atoms with E-state index in [1.165, 1.54) is 16.7 Å². The number of nitrogens with zero attached hydrogens (tertiary/aromatic N) is 2. The normalized spacial score (nSPS) is 19.6. The minimum absolute atomic E-state index is 0.0223. The Bertz CT molecular complexity index is 789. The van der Waals surface area contributed by atoms with Gasteiger partial charge in [0.05, 0.1) is 17.7 Å². The first-order valence-corrected chi connectivity index (χ1v) is 10.5. The van der Waals surface area contributed by atoms with Crippen LogP contribution in [0.4, 0.5) is 0 Å². The van der Waals surface area contributed by atoms with Gasteiger partial charge in [0.2, 0.25) is 11.8 Å². The largest absolute Gasteiger partial charge is 0.342 e. The minimum atomic E-state index is -0.841. The summed E-state index contributed by atoms with van der Waals surface area (Å²) in [5.74, 6) is -0.714. The van der Waals surface area contributed by atoms with E-state index in [0.29, 0.717) is 10.5 Å². The predicted molar refractivity (Wildman–Crippen MR) is 106 cm³/mol. The van der Waals surface area contributed by atoms with Crippen molar-refractivity contribution < 1.29 is 19.2 Å². The lowest BCUT2D eigenvalue weighted by Gasteiger charge is -2.19. The van der Waals surface area contributed by atoms with Gasteiger partial charge in [0, 0.05) is 24.0 Å². The van der Waals surface area contributed by atoms with Crippen molar-refractivity contribution in [1.82, 2.24) is 15.1 Å². The molecule has 28 heavy (non-hydrogen) atoms. The van der Waals surface area contributed by atoms with Crippen LogP contribution in [0.5, 0.6) is 0 Å². The van der Waals surface area contributed by atoms with Crippen LogP contribution >= 0.6 is 11.8 Å². The van der Waals surface area contributed by atoms with Crippen LogP contribution in [0.1, 0.15) is 43.5 Å². The number of thioether (sulfide) groups is 1. The fraction of sp³-hybridized carbons (Fsp3) is 0.500. The molecule has 4 amide bonds. The molecule has 0 radical (unpaired) electrons. The molecule has 150 valence electrons. The molecule has 0 spiro atoms. The van der Waals surface area contributed by atoms with Gasteiger partial charge in [-0.2, -0.15) is 0 Å². The summed E-state index contributed by atoms with van der Waals surface area (Å²) in [7, 11) is 0. The van der Waals surface area contributed by atoms with Crippen molar-refractivity contribution in [2.75, 3.05) is 18.8 Å². The average Bonchev–Trinajstić information content (AvgIpc) is 3.28. The van der Waals surface area contributed by atoms with E-state index in [1.807, 2.05) is 11.0 Å². The Morgan fingerprint density at radius 2 is 1.86 bits per heavy atom. The lowest BCUT2D eigenvalue weighted by Crippen LogP contribution is -2.43. The second-order valence-electron chi connectivity index (χ2n) is 7.30. The number of hydrogen-bond acceptors (Lipinski definition) is 5. The number of rotatable bonds is 6. The Kier molecular flexibility index (Phi) is 6.39. The van der Waals surface area contributed by atoms with Gasteiger partial charge >= 0.3 is 0 Å². The Morgan fingerprint density at radius 3 is 2.50 bits per heavy atom. The maximum atomic E-state index is 12.7. The molecule has 0 saturated carbocycles. The van der Waals surface area contributed by atoms with Crippen molar-refractivity contribution in [2.24, 2.45) is 0 Å². The summed E-state index contributed by atoms with van der Waals surface area (Å²) < 4.78 is 0. The third kappa shape index (κ3) is 4.38. The van der Waals surface area contributed by atoms with Crippen molar-refractivity contribution in [3.8, 4) is 0 Å². The van der Waals surface area contributed by atoms with Crippen molar-refractivity contribution in [2.45, 2.75) is 50.1 Å². The van der Waals surface area contributed by atoms with Crippen molar-refractivity contribution in [1.29, 1.82) is 0 Å². The molecule has 1 aromatic rings. The molecule has 3 rings (SSSR count). The average molecular weight is 404 g/mol. The lowest BCUT2D eigenvalue weighted by molar-refractivity contribution is -0.140. The first-order chi connectivity index (χ1) is 13.4. The number of imide groups is 1. The van der Waals surface area contributed by atoms with Crippen LogP contribution in [-0.2, 0) is 14.4 Å². The monoisotopic (exact) mass is 403 g/mol. The summed E-state index contributed by atoms with van der Waals surface area (Å²) in [6.45, 7) is 5.13. The molecule has 2 aliphatic heterocycles. The quantitative estimate of drug-likeness (QED) is 0.577. The number of hydrogen-bond donors (Lipinski definition) is 1. The van der Waals surface area contributed by atoms with Gasteiger partial charge in [0.15, 0.2) is 0 Å². The first kappa shape index (κ1) is 20.4. The standard InChI is InChI=1S/C20H25N3O4S/c1-13(2)23-17(24)11-15(20(23)27)21-19(26)14-7-3-4-8-16(14)28-12-18(25)22-9-5-6-10-22/h3-4,7-8,13,15H,5-6,9-12H2,1-2H3,(H,21,26)/t15-/m1/s1. The molecule has 0 bridgehead atoms. The molecule has 2 fully saturated rings. The van der Waals surface area contributed by atoms with Crippen LogP contribution < -0.4 is 5.32 Å². The Balaban J connectivity index is 1.65. The number of amides is 4. The molecule has 8 heteroatoms. The van der Waals surface area contributed by atoms with E-state index in [4.69, 9.17) is 0 Å². The molecule has 1 N–H and O–H groups in total. The van der Waals surface area contributed by atoms with Gasteiger partial charge in [-0.05, 0) is 38.8 Å². The van der Waals surface area contributed by atoms with Crippen molar-refractivity contribution in [3.63, 3.8) is 0 Å². The first-order valence-electron chi connectivity index (χ1n) is 9.55. The second kappa shape index (κ2) is 8.77. The zero-order chi connectivity index (χ0) is 20.3. The van der Waals surface area contributed by atoms with Crippen molar-refractivity contribution in [3.05, 3.63) is 29.8 Å². The molecular formula is C20H25N3O4S. The summed E-state index contributed by atoms with van der Waals surface area (Å²) in [6.07, 6.45) is 2.05. The van der Waals surface area contributed by atoms with Crippen molar-refractivity contribution >= 4 is 35.4 Å². The fourth-order valence-electron chi connectivity index (χ4n) is 3.52. The van der Waals surface area contributed by atoms with Crippen LogP contribution in [-0.4, -0.2) is 64.4 Å². The molecular weight excluding hydrogens is 378 g/mol. The van der Waals surface area contributed by atoms with E-state index in [0.717, 1.165) is 25.9 Å². The van der Waals surface area contributed by atoms with E-state index in [9.17, 15) is 19.2 Å². The highest BCUT2D eigenvalue weighted by molar-refractivity contribution is 8.00. The summed E-state index contributed by atoms with van der Waals surface area (Å²) in [4.78, 5) is 53.2. The van der Waals surface area contributed by atoms with Crippen LogP contribution in [0, 0.1) is 0 Å². The summed E-state index contributed by atoms with van der Waals surface area (Å²) >= 11 is 1.32. The van der Waals surface area contributed by atoms with E-state index >= 15 is 0 Å². The van der Waals surface area contributed by atoms with Crippen LogP contribution in [0.3, 0.4) is 0 Å². The third-order valence-corrected chi connectivity index (χ3v) is 6.00. The number of likely N-dealkylation sites (tertiary alicyclic amines) is 2. The van der Waals surface area contributed by atoms with Gasteiger partial charge in [-0.25, -0.2) is 0 Å². The van der Waals surface area contributed by atoms with E-state index in [-0.39, 0.29) is 35.9 Å². The third-order valence-electron chi connectivity index (χ3n) is 4.95. The molecule has 2 aliphatic rings. The van der Waals surface area contributed by atoms with Gasteiger partial charge in [0.25, 0.3) is 11.8 Å². The highest BCUT2D eigenvalue weighted by Crippen LogP contribution is 2.24. The van der Waals surface area contributed by atoms with E-state index < -0.39 is 11.9 Å². The van der Waals surface area contributed by atoms with E-state index in [2.05, 4.69) is 5.32 Å². The summed E-state index contributed by atoms with van der Waals surface area (Å²) in [5, 5.41) is 2.68. The number of carbonyl (C=O) groups is 4. The smallest absolute Gasteiger partial charge is 0.253 e. The minimum Gasteiger partial charge on any atom is -0.342 e.